The van der Waals surface area contributed by atoms with Crippen LogP contribution in [0.1, 0.15) is 37.7 Å². The van der Waals surface area contributed by atoms with Gasteiger partial charge in [0.05, 0.1) is 11.0 Å². The number of likely N-dealkylation sites (N-methyl/N-ethyl adjacent to an activating group) is 1. The van der Waals surface area contributed by atoms with Crippen LogP contribution in [-0.2, 0) is 10.0 Å². The molecule has 3 unspecified atom stereocenters. The van der Waals surface area contributed by atoms with Gasteiger partial charge in [-0.25, -0.2) is 13.1 Å². The third-order valence-corrected chi connectivity index (χ3v) is 6.10. The van der Waals surface area contributed by atoms with Crippen molar-refractivity contribution in [1.82, 2.24) is 10.0 Å². The van der Waals surface area contributed by atoms with Gasteiger partial charge in [-0.15, -0.1) is 0 Å². The zero-order valence-corrected chi connectivity index (χ0v) is 14.8. The summed E-state index contributed by atoms with van der Waals surface area (Å²) in [6, 6.07) is 6.63. The molecule has 1 aliphatic carbocycles. The Balaban J connectivity index is 2.06. The fourth-order valence-electron chi connectivity index (χ4n) is 3.25. The molecule has 1 aromatic carbocycles. The van der Waals surface area contributed by atoms with Crippen LogP contribution in [0.5, 0.6) is 0 Å². The van der Waals surface area contributed by atoms with Crippen LogP contribution >= 0.6 is 0 Å². The average molecular weight is 340 g/mol. The minimum atomic E-state index is -3.54. The van der Waals surface area contributed by atoms with Crippen molar-refractivity contribution < 1.29 is 13.5 Å². The van der Waals surface area contributed by atoms with Crippen molar-refractivity contribution >= 4 is 10.0 Å². The van der Waals surface area contributed by atoms with E-state index in [-0.39, 0.29) is 23.0 Å². The maximum absolute atomic E-state index is 12.6. The Kier molecular flexibility index (Phi) is 6.59. The smallest absolute Gasteiger partial charge is 0.240 e. The van der Waals surface area contributed by atoms with E-state index in [0.717, 1.165) is 31.2 Å². The van der Waals surface area contributed by atoms with Crippen LogP contribution in [0.4, 0.5) is 0 Å². The minimum Gasteiger partial charge on any atom is -0.393 e. The summed E-state index contributed by atoms with van der Waals surface area (Å²) in [5.41, 5.74) is 1.03. The van der Waals surface area contributed by atoms with Crippen molar-refractivity contribution in [2.24, 2.45) is 5.92 Å². The fraction of sp³-hybridized carbons (Fsp3) is 0.647. The van der Waals surface area contributed by atoms with Gasteiger partial charge >= 0.3 is 0 Å². The highest BCUT2D eigenvalue weighted by atomic mass is 32.2. The number of hydrogen-bond donors (Lipinski definition) is 3. The lowest BCUT2D eigenvalue weighted by Crippen LogP contribution is -2.44. The third-order valence-electron chi connectivity index (χ3n) is 4.56. The van der Waals surface area contributed by atoms with Crippen molar-refractivity contribution in [2.75, 3.05) is 13.6 Å². The molecule has 1 fully saturated rings. The van der Waals surface area contributed by atoms with E-state index in [0.29, 0.717) is 13.0 Å². The van der Waals surface area contributed by atoms with Gasteiger partial charge in [-0.05, 0) is 51.3 Å². The van der Waals surface area contributed by atoms with Crippen LogP contribution < -0.4 is 10.0 Å². The van der Waals surface area contributed by atoms with Gasteiger partial charge in [0.25, 0.3) is 0 Å². The number of sulfonamides is 1. The number of aryl methyl sites for hydroxylation is 1. The van der Waals surface area contributed by atoms with E-state index in [1.54, 1.807) is 24.3 Å². The van der Waals surface area contributed by atoms with Crippen LogP contribution in [-0.4, -0.2) is 39.3 Å². The Morgan fingerprint density at radius 1 is 1.22 bits per heavy atom. The van der Waals surface area contributed by atoms with Crippen LogP contribution in [0.3, 0.4) is 0 Å². The van der Waals surface area contributed by atoms with Crippen molar-refractivity contribution in [3.05, 3.63) is 29.8 Å². The molecular formula is C17H28N2O3S. The SMILES string of the molecule is CNCC(CC1CCCCC1O)NS(=O)(=O)c1ccc(C)cc1. The summed E-state index contributed by atoms with van der Waals surface area (Å²) in [6.45, 7) is 2.48. The standard InChI is InChI=1S/C17H28N2O3S/c1-13-7-9-16(10-8-13)23(21,22)19-15(12-18-2)11-14-5-3-4-6-17(14)20/h7-10,14-15,17-20H,3-6,11-12H2,1-2H3. The van der Waals surface area contributed by atoms with E-state index < -0.39 is 10.0 Å². The third kappa shape index (κ3) is 5.28. The second-order valence-corrected chi connectivity index (χ2v) is 8.25. The summed E-state index contributed by atoms with van der Waals surface area (Å²) < 4.78 is 27.9. The number of hydrogen-bond acceptors (Lipinski definition) is 4. The van der Waals surface area contributed by atoms with Crippen molar-refractivity contribution in [1.29, 1.82) is 0 Å². The quantitative estimate of drug-likeness (QED) is 0.707. The Morgan fingerprint density at radius 3 is 2.48 bits per heavy atom. The lowest BCUT2D eigenvalue weighted by molar-refractivity contribution is 0.0608. The molecule has 1 saturated carbocycles. The van der Waals surface area contributed by atoms with Gasteiger partial charge in [0.1, 0.15) is 0 Å². The maximum atomic E-state index is 12.6. The van der Waals surface area contributed by atoms with E-state index >= 15 is 0 Å². The molecule has 0 spiro atoms. The first-order chi connectivity index (χ1) is 10.9. The van der Waals surface area contributed by atoms with Crippen LogP contribution in [0.2, 0.25) is 0 Å². The summed E-state index contributed by atoms with van der Waals surface area (Å²) in [5.74, 6) is 0.169. The van der Waals surface area contributed by atoms with E-state index in [1.807, 2.05) is 14.0 Å². The van der Waals surface area contributed by atoms with Gasteiger partial charge in [0.15, 0.2) is 0 Å². The molecule has 0 aliphatic heterocycles. The van der Waals surface area contributed by atoms with Gasteiger partial charge in [-0.3, -0.25) is 0 Å². The minimum absolute atomic E-state index is 0.169. The highest BCUT2D eigenvalue weighted by molar-refractivity contribution is 7.89. The summed E-state index contributed by atoms with van der Waals surface area (Å²) in [7, 11) is -1.73. The molecule has 3 N–H and O–H groups in total. The number of rotatable bonds is 7. The molecule has 2 rings (SSSR count). The largest absolute Gasteiger partial charge is 0.393 e. The van der Waals surface area contributed by atoms with Gasteiger partial charge in [0, 0.05) is 12.6 Å². The molecule has 130 valence electrons. The van der Waals surface area contributed by atoms with Crippen LogP contribution in [0.15, 0.2) is 29.2 Å². The summed E-state index contributed by atoms with van der Waals surface area (Å²) >= 11 is 0. The van der Waals surface area contributed by atoms with Gasteiger partial charge in [-0.2, -0.15) is 0 Å². The lowest BCUT2D eigenvalue weighted by Gasteiger charge is -2.31. The first kappa shape index (κ1) is 18.4. The molecule has 1 aliphatic rings. The van der Waals surface area contributed by atoms with Crippen LogP contribution in [0, 0.1) is 12.8 Å². The summed E-state index contributed by atoms with van der Waals surface area (Å²) in [5, 5.41) is 13.2. The fourth-order valence-corrected chi connectivity index (χ4v) is 4.50. The number of nitrogens with one attached hydrogen (secondary N) is 2. The van der Waals surface area contributed by atoms with Crippen LogP contribution in [0.25, 0.3) is 0 Å². The molecule has 0 saturated heterocycles. The Bertz CT molecular complexity index is 586. The average Bonchev–Trinajstić information content (AvgIpc) is 2.50. The molecule has 0 amide bonds. The molecule has 1 aromatic rings. The van der Waals surface area contributed by atoms with Crippen molar-refractivity contribution in [3.8, 4) is 0 Å². The summed E-state index contributed by atoms with van der Waals surface area (Å²) in [4.78, 5) is 0.286. The van der Waals surface area contributed by atoms with E-state index in [4.69, 9.17) is 0 Å². The van der Waals surface area contributed by atoms with Crippen molar-refractivity contribution in [2.45, 2.75) is 56.1 Å². The predicted molar refractivity (Wildman–Crippen MR) is 91.8 cm³/mol. The monoisotopic (exact) mass is 340 g/mol. The zero-order valence-electron chi connectivity index (χ0n) is 14.0. The highest BCUT2D eigenvalue weighted by Crippen LogP contribution is 2.28. The zero-order chi connectivity index (χ0) is 16.9. The summed E-state index contributed by atoms with van der Waals surface area (Å²) in [6.07, 6.45) is 4.30. The lowest BCUT2D eigenvalue weighted by atomic mass is 9.82. The molecule has 0 aromatic heterocycles. The number of benzene rings is 1. The molecule has 0 radical (unpaired) electrons. The van der Waals surface area contributed by atoms with E-state index in [9.17, 15) is 13.5 Å². The Hall–Kier alpha value is -0.950. The highest BCUT2D eigenvalue weighted by Gasteiger charge is 2.28. The molecule has 5 nitrogen and oxygen atoms in total. The number of aliphatic hydroxyl groups excluding tert-OH is 1. The first-order valence-electron chi connectivity index (χ1n) is 8.34. The number of aliphatic hydroxyl groups is 1. The second-order valence-electron chi connectivity index (χ2n) is 6.54. The maximum Gasteiger partial charge on any atom is 0.240 e. The molecule has 3 atom stereocenters. The van der Waals surface area contributed by atoms with Gasteiger partial charge in [0.2, 0.25) is 10.0 Å². The van der Waals surface area contributed by atoms with E-state index in [2.05, 4.69) is 10.0 Å². The van der Waals surface area contributed by atoms with Crippen molar-refractivity contribution in [3.63, 3.8) is 0 Å². The van der Waals surface area contributed by atoms with E-state index in [1.165, 1.54) is 0 Å². The molecule has 0 bridgehead atoms. The molecule has 23 heavy (non-hydrogen) atoms. The molecule has 6 heteroatoms. The Morgan fingerprint density at radius 2 is 1.87 bits per heavy atom. The van der Waals surface area contributed by atoms with Gasteiger partial charge < -0.3 is 10.4 Å². The second kappa shape index (κ2) is 8.24. The molecule has 0 heterocycles. The molecular weight excluding hydrogens is 312 g/mol. The van der Waals surface area contributed by atoms with Gasteiger partial charge in [-0.1, -0.05) is 30.5 Å². The Labute approximate surface area is 139 Å². The normalized spacial score (nSPS) is 23.6. The topological polar surface area (TPSA) is 78.4 Å². The first-order valence-corrected chi connectivity index (χ1v) is 9.82. The predicted octanol–water partition coefficient (Wildman–Crippen LogP) is 1.80.